The summed E-state index contributed by atoms with van der Waals surface area (Å²) in [6, 6.07) is 20.5. The van der Waals surface area contributed by atoms with E-state index in [0.29, 0.717) is 18.2 Å². The Morgan fingerprint density at radius 1 is 0.938 bits per heavy atom. The standard InChI is InChI=1S/C24H23N7O/c1-3-6-21-25-20-13-14-22(32-2)26-24(20)31(21)15-16-9-11-17(12-10-16)18-7-4-5-8-19(18)23-27-29-30-28-23/h4-5,7-14H,3,6,15H2,1-2H3,(H,27,28,29,30). The van der Waals surface area contributed by atoms with Gasteiger partial charge in [-0.05, 0) is 39.6 Å². The molecule has 1 N–H and O–H groups in total. The molecule has 0 bridgehead atoms. The Morgan fingerprint density at radius 3 is 2.47 bits per heavy atom. The van der Waals surface area contributed by atoms with Gasteiger partial charge >= 0.3 is 0 Å². The van der Waals surface area contributed by atoms with Crippen LogP contribution in [-0.2, 0) is 13.0 Å². The highest BCUT2D eigenvalue weighted by atomic mass is 16.5. The summed E-state index contributed by atoms with van der Waals surface area (Å²) in [5, 5.41) is 14.3. The molecular weight excluding hydrogens is 402 g/mol. The first-order valence-electron chi connectivity index (χ1n) is 10.6. The number of aryl methyl sites for hydroxylation is 1. The molecule has 32 heavy (non-hydrogen) atoms. The van der Waals surface area contributed by atoms with Crippen LogP contribution in [0.1, 0.15) is 24.7 Å². The molecule has 160 valence electrons. The number of H-pyrrole nitrogens is 1. The van der Waals surface area contributed by atoms with Gasteiger partial charge in [0.1, 0.15) is 11.3 Å². The number of benzene rings is 2. The Labute approximate surface area is 185 Å². The summed E-state index contributed by atoms with van der Waals surface area (Å²) < 4.78 is 7.52. The van der Waals surface area contributed by atoms with Crippen LogP contribution in [0, 0.1) is 0 Å². The Morgan fingerprint density at radius 2 is 1.75 bits per heavy atom. The van der Waals surface area contributed by atoms with Gasteiger partial charge in [0, 0.05) is 18.1 Å². The van der Waals surface area contributed by atoms with Crippen LogP contribution in [0.3, 0.4) is 0 Å². The van der Waals surface area contributed by atoms with E-state index in [1.807, 2.05) is 30.3 Å². The Kier molecular flexibility index (Phi) is 5.33. The van der Waals surface area contributed by atoms with Gasteiger partial charge in [-0.1, -0.05) is 55.5 Å². The lowest BCUT2D eigenvalue weighted by atomic mass is 9.98. The van der Waals surface area contributed by atoms with Gasteiger partial charge in [0.05, 0.1) is 13.7 Å². The third-order valence-electron chi connectivity index (χ3n) is 5.46. The summed E-state index contributed by atoms with van der Waals surface area (Å²) in [4.78, 5) is 9.46. The number of aromatic nitrogens is 7. The predicted octanol–water partition coefficient (Wildman–Crippen LogP) is 4.29. The lowest BCUT2D eigenvalue weighted by molar-refractivity contribution is 0.399. The SMILES string of the molecule is CCCc1nc2ccc(OC)nc2n1Cc1ccc(-c2ccccc2-c2nnn[nH]2)cc1. The quantitative estimate of drug-likeness (QED) is 0.418. The van der Waals surface area contributed by atoms with Crippen LogP contribution in [0.15, 0.2) is 60.7 Å². The number of imidazole rings is 1. The predicted molar refractivity (Wildman–Crippen MR) is 122 cm³/mol. The second-order valence-electron chi connectivity index (χ2n) is 7.55. The average Bonchev–Trinajstić information content (AvgIpc) is 3.48. The molecule has 0 fully saturated rings. The first kappa shape index (κ1) is 19.9. The van der Waals surface area contributed by atoms with E-state index >= 15 is 0 Å². The molecule has 0 amide bonds. The van der Waals surface area contributed by atoms with Crippen LogP contribution in [0.25, 0.3) is 33.7 Å². The first-order chi connectivity index (χ1) is 15.8. The number of ether oxygens (including phenoxy) is 1. The summed E-state index contributed by atoms with van der Waals surface area (Å²) in [7, 11) is 1.63. The smallest absolute Gasteiger partial charge is 0.215 e. The Hall–Kier alpha value is -4.07. The van der Waals surface area contributed by atoms with Crippen molar-refractivity contribution >= 4 is 11.2 Å². The molecule has 5 rings (SSSR count). The van der Waals surface area contributed by atoms with Crippen molar-refractivity contribution in [2.24, 2.45) is 0 Å². The van der Waals surface area contributed by atoms with Crippen LogP contribution in [-0.4, -0.2) is 42.3 Å². The van der Waals surface area contributed by atoms with E-state index in [2.05, 4.69) is 67.4 Å². The summed E-state index contributed by atoms with van der Waals surface area (Å²) in [5.41, 5.74) is 6.05. The number of aromatic amines is 1. The monoisotopic (exact) mass is 425 g/mol. The van der Waals surface area contributed by atoms with Crippen molar-refractivity contribution in [2.45, 2.75) is 26.3 Å². The number of fused-ring (bicyclic) bond motifs is 1. The van der Waals surface area contributed by atoms with Gasteiger partial charge in [0.2, 0.25) is 5.88 Å². The van der Waals surface area contributed by atoms with E-state index in [1.165, 1.54) is 5.56 Å². The molecule has 0 aliphatic heterocycles. The highest BCUT2D eigenvalue weighted by Crippen LogP contribution is 2.30. The van der Waals surface area contributed by atoms with Crippen LogP contribution < -0.4 is 4.74 Å². The van der Waals surface area contributed by atoms with Gasteiger partial charge in [0.15, 0.2) is 11.5 Å². The normalized spacial score (nSPS) is 11.2. The molecule has 3 heterocycles. The average molecular weight is 425 g/mol. The minimum absolute atomic E-state index is 0.593. The van der Waals surface area contributed by atoms with E-state index in [9.17, 15) is 0 Å². The second-order valence-corrected chi connectivity index (χ2v) is 7.55. The zero-order valence-electron chi connectivity index (χ0n) is 18.0. The Balaban J connectivity index is 1.49. The van der Waals surface area contributed by atoms with Gasteiger partial charge in [-0.15, -0.1) is 5.10 Å². The minimum Gasteiger partial charge on any atom is -0.481 e. The summed E-state index contributed by atoms with van der Waals surface area (Å²) in [6.45, 7) is 2.86. The number of hydrogen-bond acceptors (Lipinski definition) is 6. The molecule has 8 heteroatoms. The highest BCUT2D eigenvalue weighted by Gasteiger charge is 2.14. The molecule has 2 aromatic carbocycles. The number of nitrogens with zero attached hydrogens (tertiary/aromatic N) is 6. The second kappa shape index (κ2) is 8.58. The van der Waals surface area contributed by atoms with Crippen LogP contribution in [0.4, 0.5) is 0 Å². The topological polar surface area (TPSA) is 94.4 Å². The van der Waals surface area contributed by atoms with E-state index in [0.717, 1.165) is 46.5 Å². The summed E-state index contributed by atoms with van der Waals surface area (Å²) >= 11 is 0. The van der Waals surface area contributed by atoms with Crippen LogP contribution >= 0.6 is 0 Å². The van der Waals surface area contributed by atoms with Crippen molar-refractivity contribution in [3.05, 3.63) is 72.1 Å². The maximum Gasteiger partial charge on any atom is 0.215 e. The zero-order valence-corrected chi connectivity index (χ0v) is 18.0. The molecular formula is C24H23N7O. The number of hydrogen-bond donors (Lipinski definition) is 1. The fraction of sp³-hybridized carbons (Fsp3) is 0.208. The van der Waals surface area contributed by atoms with Crippen molar-refractivity contribution in [1.82, 2.24) is 35.2 Å². The number of tetrazole rings is 1. The molecule has 0 saturated carbocycles. The van der Waals surface area contributed by atoms with Crippen molar-refractivity contribution in [2.75, 3.05) is 7.11 Å². The highest BCUT2D eigenvalue weighted by molar-refractivity contribution is 5.80. The minimum atomic E-state index is 0.593. The summed E-state index contributed by atoms with van der Waals surface area (Å²) in [5.74, 6) is 2.28. The lowest BCUT2D eigenvalue weighted by Crippen LogP contribution is -2.06. The number of pyridine rings is 1. The van der Waals surface area contributed by atoms with Gasteiger partial charge in [-0.2, -0.15) is 4.98 Å². The third-order valence-corrected chi connectivity index (χ3v) is 5.46. The Bertz CT molecular complexity index is 1340. The molecule has 3 aromatic heterocycles. The fourth-order valence-corrected chi connectivity index (χ4v) is 3.91. The van der Waals surface area contributed by atoms with E-state index in [4.69, 9.17) is 9.72 Å². The van der Waals surface area contributed by atoms with Crippen molar-refractivity contribution in [3.63, 3.8) is 0 Å². The van der Waals surface area contributed by atoms with Gasteiger partial charge in [-0.25, -0.2) is 10.1 Å². The van der Waals surface area contributed by atoms with Crippen molar-refractivity contribution in [1.29, 1.82) is 0 Å². The van der Waals surface area contributed by atoms with Crippen LogP contribution in [0.5, 0.6) is 5.88 Å². The molecule has 5 aromatic rings. The molecule has 0 spiro atoms. The molecule has 0 aliphatic rings. The molecule has 0 atom stereocenters. The van der Waals surface area contributed by atoms with Gasteiger partial charge < -0.3 is 9.30 Å². The lowest BCUT2D eigenvalue weighted by Gasteiger charge is -2.11. The number of nitrogens with one attached hydrogen (secondary N) is 1. The molecule has 0 unspecified atom stereocenters. The van der Waals surface area contributed by atoms with Gasteiger partial charge in [-0.3, -0.25) is 0 Å². The molecule has 0 saturated heterocycles. The molecule has 8 nitrogen and oxygen atoms in total. The maximum absolute atomic E-state index is 5.33. The summed E-state index contributed by atoms with van der Waals surface area (Å²) in [6.07, 6.45) is 1.92. The zero-order chi connectivity index (χ0) is 21.9. The van der Waals surface area contributed by atoms with E-state index in [-0.39, 0.29) is 0 Å². The molecule has 0 aliphatic carbocycles. The van der Waals surface area contributed by atoms with E-state index < -0.39 is 0 Å². The number of rotatable bonds is 7. The number of methoxy groups -OCH3 is 1. The fourth-order valence-electron chi connectivity index (χ4n) is 3.91. The first-order valence-corrected chi connectivity index (χ1v) is 10.6. The molecule has 0 radical (unpaired) electrons. The van der Waals surface area contributed by atoms with Crippen LogP contribution in [0.2, 0.25) is 0 Å². The van der Waals surface area contributed by atoms with Gasteiger partial charge in [0.25, 0.3) is 0 Å². The van der Waals surface area contributed by atoms with Crippen molar-refractivity contribution < 1.29 is 4.74 Å². The largest absolute Gasteiger partial charge is 0.481 e. The van der Waals surface area contributed by atoms with E-state index in [1.54, 1.807) is 7.11 Å². The van der Waals surface area contributed by atoms with Crippen molar-refractivity contribution in [3.8, 4) is 28.4 Å². The third kappa shape index (κ3) is 3.71. The maximum atomic E-state index is 5.33.